The minimum Gasteiger partial charge on any atom is -0.0701 e. The first kappa shape index (κ1) is 14.7. The summed E-state index contributed by atoms with van der Waals surface area (Å²) in [6, 6.07) is 0. The summed E-state index contributed by atoms with van der Waals surface area (Å²) in [4.78, 5) is 0. The minimum atomic E-state index is 1.26. The third kappa shape index (κ3) is 11.7. The molecule has 0 aliphatic heterocycles. The van der Waals surface area contributed by atoms with E-state index in [0.717, 1.165) is 0 Å². The van der Waals surface area contributed by atoms with E-state index in [-0.39, 0.29) is 0 Å². The van der Waals surface area contributed by atoms with E-state index in [1.807, 2.05) is 6.92 Å². The summed E-state index contributed by atoms with van der Waals surface area (Å²) in [5.41, 5.74) is 1.43. The highest BCUT2D eigenvalue weighted by Gasteiger charge is 1.92. The molecule has 15 heavy (non-hydrogen) atoms. The summed E-state index contributed by atoms with van der Waals surface area (Å²) in [6.45, 7) is 6.48. The Kier molecular flexibility index (Phi) is 11.6. The number of hydrogen-bond donors (Lipinski definition) is 0. The van der Waals surface area contributed by atoms with Gasteiger partial charge in [0.1, 0.15) is 0 Å². The minimum absolute atomic E-state index is 1.26. The zero-order valence-electron chi connectivity index (χ0n) is 11.1. The third-order valence-electron chi connectivity index (χ3n) is 3.08. The third-order valence-corrected chi connectivity index (χ3v) is 3.08. The van der Waals surface area contributed by atoms with Gasteiger partial charge in [-0.25, -0.2) is 0 Å². The van der Waals surface area contributed by atoms with Crippen molar-refractivity contribution < 1.29 is 0 Å². The molecule has 89 valence electrons. The van der Waals surface area contributed by atoms with E-state index >= 15 is 0 Å². The summed E-state index contributed by atoms with van der Waals surface area (Å²) in [7, 11) is 0. The van der Waals surface area contributed by atoms with Crippen molar-refractivity contribution in [1.29, 1.82) is 0 Å². The molecule has 0 N–H and O–H groups in total. The molecule has 0 spiro atoms. The van der Waals surface area contributed by atoms with Gasteiger partial charge in [-0.1, -0.05) is 63.9 Å². The van der Waals surface area contributed by atoms with Gasteiger partial charge in [-0.15, -0.1) is 0 Å². The summed E-state index contributed by atoms with van der Waals surface area (Å²) >= 11 is 0. The lowest BCUT2D eigenvalue weighted by Gasteiger charge is -2.02. The van der Waals surface area contributed by atoms with Crippen molar-refractivity contribution in [2.24, 2.45) is 0 Å². The Morgan fingerprint density at radius 1 is 0.800 bits per heavy atom. The first-order chi connectivity index (χ1) is 7.31. The molecule has 0 aromatic rings. The van der Waals surface area contributed by atoms with Crippen molar-refractivity contribution in [1.82, 2.24) is 0 Å². The van der Waals surface area contributed by atoms with Crippen LogP contribution in [0.25, 0.3) is 0 Å². The standard InChI is InChI=1S/C15H29/c1-4-6-7-8-9-10-11-12-13-14-15(3)5-2/h4,6-14H2,1-3H3. The largest absolute Gasteiger partial charge is 0.0701 e. The van der Waals surface area contributed by atoms with Gasteiger partial charge in [-0.05, 0) is 32.8 Å². The van der Waals surface area contributed by atoms with Crippen LogP contribution in [0.1, 0.15) is 85.0 Å². The van der Waals surface area contributed by atoms with Crippen molar-refractivity contribution in [3.63, 3.8) is 0 Å². The van der Waals surface area contributed by atoms with Crippen molar-refractivity contribution in [3.05, 3.63) is 11.6 Å². The molecule has 0 heteroatoms. The van der Waals surface area contributed by atoms with Gasteiger partial charge in [0.25, 0.3) is 0 Å². The van der Waals surface area contributed by atoms with Crippen LogP contribution < -0.4 is 0 Å². The maximum Gasteiger partial charge on any atom is -0.0317 e. The van der Waals surface area contributed by atoms with Crippen LogP contribution in [-0.4, -0.2) is 0 Å². The van der Waals surface area contributed by atoms with Gasteiger partial charge in [0, 0.05) is 0 Å². The fraction of sp³-hybridized carbons (Fsp3) is 0.867. The zero-order valence-corrected chi connectivity index (χ0v) is 11.1. The SMILES string of the molecule is C/[C]=C(/C)CCCCCCCCCCC. The Bertz CT molecular complexity index is 144. The first-order valence-corrected chi connectivity index (χ1v) is 6.81. The molecule has 0 aliphatic carbocycles. The molecule has 0 fully saturated rings. The van der Waals surface area contributed by atoms with E-state index in [0.29, 0.717) is 0 Å². The fourth-order valence-corrected chi connectivity index (χ4v) is 1.83. The van der Waals surface area contributed by atoms with Crippen LogP contribution in [0.3, 0.4) is 0 Å². The van der Waals surface area contributed by atoms with Crippen molar-refractivity contribution in [2.45, 2.75) is 85.0 Å². The molecule has 0 bridgehead atoms. The topological polar surface area (TPSA) is 0 Å². The quantitative estimate of drug-likeness (QED) is 0.406. The Labute approximate surface area is 97.2 Å². The van der Waals surface area contributed by atoms with Crippen LogP contribution in [0.2, 0.25) is 0 Å². The van der Waals surface area contributed by atoms with Crippen LogP contribution >= 0.6 is 0 Å². The molecule has 0 unspecified atom stereocenters. The lowest BCUT2D eigenvalue weighted by Crippen LogP contribution is -1.82. The van der Waals surface area contributed by atoms with Gasteiger partial charge in [0.2, 0.25) is 0 Å². The van der Waals surface area contributed by atoms with Gasteiger partial charge in [-0.3, -0.25) is 0 Å². The van der Waals surface area contributed by atoms with Crippen LogP contribution in [0.5, 0.6) is 0 Å². The van der Waals surface area contributed by atoms with Gasteiger partial charge < -0.3 is 0 Å². The van der Waals surface area contributed by atoms with E-state index in [1.165, 1.54) is 69.8 Å². The fourth-order valence-electron chi connectivity index (χ4n) is 1.83. The average Bonchev–Trinajstić information content (AvgIpc) is 2.26. The Hall–Kier alpha value is -0.260. The van der Waals surface area contributed by atoms with Crippen LogP contribution in [-0.2, 0) is 0 Å². The maximum atomic E-state index is 3.21. The Balaban J connectivity index is 2.99. The average molecular weight is 209 g/mol. The van der Waals surface area contributed by atoms with Gasteiger partial charge >= 0.3 is 0 Å². The second-order valence-electron chi connectivity index (χ2n) is 4.61. The number of unbranched alkanes of at least 4 members (excludes halogenated alkanes) is 8. The van der Waals surface area contributed by atoms with Gasteiger partial charge in [0.05, 0.1) is 0 Å². The predicted octanol–water partition coefficient (Wildman–Crippen LogP) is 5.68. The smallest absolute Gasteiger partial charge is 0.0317 e. The second kappa shape index (κ2) is 11.8. The zero-order chi connectivity index (χ0) is 11.4. The molecule has 0 aromatic carbocycles. The molecule has 0 rings (SSSR count). The molecular formula is C15H29. The predicted molar refractivity (Wildman–Crippen MR) is 69.9 cm³/mol. The lowest BCUT2D eigenvalue weighted by molar-refractivity contribution is 0.564. The maximum absolute atomic E-state index is 3.21. The molecule has 0 amide bonds. The molecule has 0 saturated carbocycles. The molecule has 1 radical (unpaired) electrons. The van der Waals surface area contributed by atoms with Gasteiger partial charge in [0.15, 0.2) is 0 Å². The number of hydrogen-bond acceptors (Lipinski definition) is 0. The van der Waals surface area contributed by atoms with Crippen LogP contribution in [0.15, 0.2) is 5.57 Å². The lowest BCUT2D eigenvalue weighted by atomic mass is 10.0. The molecule has 0 saturated heterocycles. The van der Waals surface area contributed by atoms with E-state index in [2.05, 4.69) is 19.9 Å². The molecule has 0 aliphatic rings. The second-order valence-corrected chi connectivity index (χ2v) is 4.61. The number of rotatable bonds is 10. The molecule has 0 atom stereocenters. The summed E-state index contributed by atoms with van der Waals surface area (Å²) in [5.74, 6) is 0. The van der Waals surface area contributed by atoms with Crippen molar-refractivity contribution in [3.8, 4) is 0 Å². The van der Waals surface area contributed by atoms with Crippen molar-refractivity contribution >= 4 is 0 Å². The summed E-state index contributed by atoms with van der Waals surface area (Å²) < 4.78 is 0. The summed E-state index contributed by atoms with van der Waals surface area (Å²) in [6.07, 6.45) is 17.3. The molecule has 0 heterocycles. The highest BCUT2D eigenvalue weighted by molar-refractivity contribution is 4.89. The Morgan fingerprint density at radius 2 is 1.27 bits per heavy atom. The van der Waals surface area contributed by atoms with Crippen LogP contribution in [0, 0.1) is 6.08 Å². The van der Waals surface area contributed by atoms with E-state index in [9.17, 15) is 0 Å². The molecule has 0 aromatic heterocycles. The number of allylic oxidation sites excluding steroid dienone is 2. The normalized spacial score (nSPS) is 12.1. The van der Waals surface area contributed by atoms with Crippen molar-refractivity contribution in [2.75, 3.05) is 0 Å². The highest BCUT2D eigenvalue weighted by Crippen LogP contribution is 2.12. The van der Waals surface area contributed by atoms with E-state index in [4.69, 9.17) is 0 Å². The molecule has 0 nitrogen and oxygen atoms in total. The van der Waals surface area contributed by atoms with E-state index < -0.39 is 0 Å². The monoisotopic (exact) mass is 209 g/mol. The summed E-state index contributed by atoms with van der Waals surface area (Å²) in [5, 5.41) is 0. The Morgan fingerprint density at radius 3 is 1.73 bits per heavy atom. The van der Waals surface area contributed by atoms with Crippen LogP contribution in [0.4, 0.5) is 0 Å². The first-order valence-electron chi connectivity index (χ1n) is 6.81. The molecular weight excluding hydrogens is 180 g/mol. The highest BCUT2D eigenvalue weighted by atomic mass is 14.0. The van der Waals surface area contributed by atoms with E-state index in [1.54, 1.807) is 0 Å². The van der Waals surface area contributed by atoms with Gasteiger partial charge in [-0.2, -0.15) is 0 Å².